The Bertz CT molecular complexity index is 180. The highest BCUT2D eigenvalue weighted by Crippen LogP contribution is 2.10. The number of hydrogen-bond donors (Lipinski definition) is 0. The minimum atomic E-state index is -0.708. The van der Waals surface area contributed by atoms with Gasteiger partial charge in [-0.1, -0.05) is 6.58 Å². The first-order chi connectivity index (χ1) is 4.77. The van der Waals surface area contributed by atoms with Crippen LogP contribution in [-0.4, -0.2) is 23.8 Å². The highest BCUT2D eigenvalue weighted by atomic mass is 16.6. The minimum Gasteiger partial charge on any atom is -0.439 e. The summed E-state index contributed by atoms with van der Waals surface area (Å²) in [6.07, 6.45) is 0.341. The van der Waals surface area contributed by atoms with Crippen molar-refractivity contribution in [3.05, 3.63) is 17.6 Å². The predicted octanol–water partition coefficient (Wildman–Crippen LogP) is 0.675. The van der Waals surface area contributed by atoms with Crippen LogP contribution in [0, 0.1) is 4.91 Å². The number of amides is 1. The minimum absolute atomic E-state index is 0.172. The highest BCUT2D eigenvalue weighted by molar-refractivity contribution is 5.69. The average Bonchev–Trinajstić information content (AvgIpc) is 2.30. The third-order valence-corrected chi connectivity index (χ3v) is 1.18. The third kappa shape index (κ3) is 0.975. The van der Waals surface area contributed by atoms with Crippen LogP contribution >= 0.6 is 0 Å². The van der Waals surface area contributed by atoms with Gasteiger partial charge in [0, 0.05) is 0 Å². The molecule has 1 heterocycles. The van der Waals surface area contributed by atoms with Crippen LogP contribution in [0.3, 0.4) is 0 Å². The average molecular weight is 142 g/mol. The maximum atomic E-state index is 10.5. The Balaban J connectivity index is 2.60. The Kier molecular flexibility index (Phi) is 1.66. The molecule has 5 nitrogen and oxygen atoms in total. The SMILES string of the molecule is C=CC1CN(N=O)C(=O)O1. The Morgan fingerprint density at radius 2 is 2.60 bits per heavy atom. The van der Waals surface area contributed by atoms with Gasteiger partial charge in [-0.25, -0.2) is 4.79 Å². The van der Waals surface area contributed by atoms with Crippen LogP contribution in [0.2, 0.25) is 0 Å². The van der Waals surface area contributed by atoms with E-state index in [4.69, 9.17) is 0 Å². The van der Waals surface area contributed by atoms with Gasteiger partial charge in [-0.05, 0) is 6.08 Å². The maximum Gasteiger partial charge on any atom is 0.433 e. The van der Waals surface area contributed by atoms with E-state index in [1.54, 1.807) is 0 Å². The molecule has 10 heavy (non-hydrogen) atoms. The van der Waals surface area contributed by atoms with Gasteiger partial charge in [-0.15, -0.1) is 4.91 Å². The smallest absolute Gasteiger partial charge is 0.433 e. The zero-order chi connectivity index (χ0) is 7.56. The Morgan fingerprint density at radius 1 is 1.90 bits per heavy atom. The Morgan fingerprint density at radius 3 is 2.90 bits per heavy atom. The second-order valence-electron chi connectivity index (χ2n) is 1.82. The molecule has 1 fully saturated rings. The molecule has 0 spiro atoms. The van der Waals surface area contributed by atoms with E-state index >= 15 is 0 Å². The molecule has 1 aliphatic rings. The lowest BCUT2D eigenvalue weighted by Crippen LogP contribution is -2.16. The van der Waals surface area contributed by atoms with Crippen molar-refractivity contribution in [2.24, 2.45) is 5.29 Å². The first-order valence-corrected chi connectivity index (χ1v) is 2.72. The number of rotatable bonds is 2. The van der Waals surface area contributed by atoms with Gasteiger partial charge in [0.25, 0.3) is 0 Å². The number of nitroso groups, excluding NO2 is 1. The number of cyclic esters (lactones) is 1. The number of carbonyl (C=O) groups excluding carboxylic acids is 1. The zero-order valence-electron chi connectivity index (χ0n) is 5.19. The zero-order valence-corrected chi connectivity index (χ0v) is 5.19. The van der Waals surface area contributed by atoms with Crippen LogP contribution in [0.25, 0.3) is 0 Å². The second kappa shape index (κ2) is 2.47. The quantitative estimate of drug-likeness (QED) is 0.420. The Hall–Kier alpha value is -1.39. The summed E-state index contributed by atoms with van der Waals surface area (Å²) in [7, 11) is 0. The van der Waals surface area contributed by atoms with E-state index in [0.717, 1.165) is 0 Å². The van der Waals surface area contributed by atoms with Gasteiger partial charge in [0.2, 0.25) is 0 Å². The van der Waals surface area contributed by atoms with Gasteiger partial charge in [0.1, 0.15) is 6.10 Å². The first kappa shape index (κ1) is 6.73. The molecular weight excluding hydrogens is 136 g/mol. The van der Waals surface area contributed by atoms with Crippen LogP contribution < -0.4 is 0 Å². The Labute approximate surface area is 57.2 Å². The van der Waals surface area contributed by atoms with Gasteiger partial charge < -0.3 is 4.74 Å². The van der Waals surface area contributed by atoms with Gasteiger partial charge in [0.15, 0.2) is 0 Å². The molecule has 0 aromatic heterocycles. The molecule has 54 valence electrons. The lowest BCUT2D eigenvalue weighted by molar-refractivity contribution is 0.146. The van der Waals surface area contributed by atoms with Crippen molar-refractivity contribution in [1.82, 2.24) is 5.01 Å². The lowest BCUT2D eigenvalue weighted by Gasteiger charge is -1.95. The summed E-state index contributed by atoms with van der Waals surface area (Å²) in [4.78, 5) is 20.4. The van der Waals surface area contributed by atoms with Crippen molar-refractivity contribution in [3.63, 3.8) is 0 Å². The van der Waals surface area contributed by atoms with Crippen LogP contribution in [0.1, 0.15) is 0 Å². The largest absolute Gasteiger partial charge is 0.439 e. The monoisotopic (exact) mass is 142 g/mol. The van der Waals surface area contributed by atoms with E-state index in [0.29, 0.717) is 5.01 Å². The molecule has 1 aliphatic heterocycles. The summed E-state index contributed by atoms with van der Waals surface area (Å²) in [6.45, 7) is 3.57. The maximum absolute atomic E-state index is 10.5. The lowest BCUT2D eigenvalue weighted by atomic mass is 10.4. The summed E-state index contributed by atoms with van der Waals surface area (Å²) >= 11 is 0. The molecule has 0 aromatic rings. The van der Waals surface area contributed by atoms with Crippen molar-refractivity contribution in [2.45, 2.75) is 6.10 Å². The second-order valence-corrected chi connectivity index (χ2v) is 1.82. The fraction of sp³-hybridized carbons (Fsp3) is 0.400. The molecule has 0 aliphatic carbocycles. The van der Waals surface area contributed by atoms with E-state index in [9.17, 15) is 9.70 Å². The first-order valence-electron chi connectivity index (χ1n) is 2.72. The molecule has 1 amide bonds. The van der Waals surface area contributed by atoms with Crippen LogP contribution in [0.15, 0.2) is 17.9 Å². The molecule has 1 saturated heterocycles. The molecule has 0 bridgehead atoms. The van der Waals surface area contributed by atoms with Gasteiger partial charge >= 0.3 is 6.09 Å². The summed E-state index contributed by atoms with van der Waals surface area (Å²) < 4.78 is 4.59. The van der Waals surface area contributed by atoms with E-state index in [1.165, 1.54) is 6.08 Å². The van der Waals surface area contributed by atoms with Crippen LogP contribution in [0.4, 0.5) is 4.79 Å². The normalized spacial score (nSPS) is 24.2. The van der Waals surface area contributed by atoms with Crippen LogP contribution in [0.5, 0.6) is 0 Å². The molecule has 0 saturated carbocycles. The van der Waals surface area contributed by atoms with Gasteiger partial charge in [-0.2, -0.15) is 5.01 Å². The summed E-state index contributed by atoms with van der Waals surface area (Å²) in [6, 6.07) is 0. The number of ether oxygens (including phenoxy) is 1. The molecule has 0 aromatic carbocycles. The number of carbonyl (C=O) groups is 1. The van der Waals surface area contributed by atoms with E-state index in [2.05, 4.69) is 16.6 Å². The van der Waals surface area contributed by atoms with E-state index < -0.39 is 12.2 Å². The fourth-order valence-corrected chi connectivity index (χ4v) is 0.662. The van der Waals surface area contributed by atoms with Crippen LogP contribution in [-0.2, 0) is 4.74 Å². The summed E-state index contributed by atoms with van der Waals surface area (Å²) in [5, 5.41) is 3.14. The molecule has 0 radical (unpaired) electrons. The van der Waals surface area contributed by atoms with Crippen molar-refractivity contribution >= 4 is 6.09 Å². The molecule has 1 rings (SSSR count). The molecule has 1 unspecified atom stereocenters. The standard InChI is InChI=1S/C5H6N2O3/c1-2-4-3-7(6-9)5(8)10-4/h2,4H,1,3H2. The van der Waals surface area contributed by atoms with Crippen molar-refractivity contribution in [2.75, 3.05) is 6.54 Å². The van der Waals surface area contributed by atoms with Gasteiger partial charge in [-0.3, -0.25) is 0 Å². The topological polar surface area (TPSA) is 59.0 Å². The summed E-state index contributed by atoms with van der Waals surface area (Å²) in [5.74, 6) is 0. The third-order valence-electron chi connectivity index (χ3n) is 1.18. The van der Waals surface area contributed by atoms with Crippen molar-refractivity contribution in [1.29, 1.82) is 0 Å². The van der Waals surface area contributed by atoms with E-state index in [-0.39, 0.29) is 6.54 Å². The number of hydrogen-bond acceptors (Lipinski definition) is 4. The molecule has 1 atom stereocenters. The van der Waals surface area contributed by atoms with Crippen molar-refractivity contribution in [3.8, 4) is 0 Å². The van der Waals surface area contributed by atoms with E-state index in [1.807, 2.05) is 0 Å². The molecular formula is C5H6N2O3. The predicted molar refractivity (Wildman–Crippen MR) is 33.0 cm³/mol. The molecule has 0 N–H and O–H groups in total. The molecule has 5 heteroatoms. The van der Waals surface area contributed by atoms with Gasteiger partial charge in [0.05, 0.1) is 11.8 Å². The summed E-state index contributed by atoms with van der Waals surface area (Å²) in [5.41, 5.74) is 0. The fourth-order valence-electron chi connectivity index (χ4n) is 0.662. The highest BCUT2D eigenvalue weighted by Gasteiger charge is 2.29. The number of nitrogens with zero attached hydrogens (tertiary/aromatic N) is 2. The van der Waals surface area contributed by atoms with Crippen molar-refractivity contribution < 1.29 is 9.53 Å².